The molecule has 2 amide bonds. The number of rotatable bonds is 4. The largest absolute Gasteiger partial charge is 0.342 e. The topological polar surface area (TPSA) is 58.2 Å². The molecule has 1 unspecified atom stereocenters. The number of benzene rings is 2. The van der Waals surface area contributed by atoms with Crippen molar-refractivity contribution in [3.05, 3.63) is 71.8 Å². The second kappa shape index (κ2) is 6.43. The summed E-state index contributed by atoms with van der Waals surface area (Å²) in [7, 11) is 0. The molecule has 1 heterocycles. The van der Waals surface area contributed by atoms with Crippen molar-refractivity contribution in [2.24, 2.45) is 0 Å². The van der Waals surface area contributed by atoms with Gasteiger partial charge in [-0.1, -0.05) is 60.7 Å². The third-order valence-electron chi connectivity index (χ3n) is 3.83. The molecule has 3 rings (SSSR count). The van der Waals surface area contributed by atoms with Crippen LogP contribution in [-0.2, 0) is 22.4 Å². The van der Waals surface area contributed by atoms with E-state index in [1.165, 1.54) is 0 Å². The van der Waals surface area contributed by atoms with E-state index >= 15 is 0 Å². The molecule has 1 saturated heterocycles. The molecule has 0 aliphatic carbocycles. The van der Waals surface area contributed by atoms with Gasteiger partial charge in [0.25, 0.3) is 0 Å². The van der Waals surface area contributed by atoms with Crippen LogP contribution < -0.4 is 10.6 Å². The minimum atomic E-state index is -0.498. The molecule has 0 saturated carbocycles. The van der Waals surface area contributed by atoms with Crippen molar-refractivity contribution in [3.63, 3.8) is 0 Å². The zero-order chi connectivity index (χ0) is 15.4. The van der Waals surface area contributed by atoms with E-state index in [9.17, 15) is 9.59 Å². The molecule has 2 aromatic rings. The second-order valence-electron chi connectivity index (χ2n) is 5.50. The van der Waals surface area contributed by atoms with Crippen LogP contribution in [0.5, 0.6) is 0 Å². The van der Waals surface area contributed by atoms with Crippen LogP contribution in [-0.4, -0.2) is 23.9 Å². The summed E-state index contributed by atoms with van der Waals surface area (Å²) in [6.45, 7) is 0. The predicted octanol–water partition coefficient (Wildman–Crippen LogP) is 1.45. The van der Waals surface area contributed by atoms with Gasteiger partial charge >= 0.3 is 0 Å². The fourth-order valence-electron chi connectivity index (χ4n) is 2.66. The lowest BCUT2D eigenvalue weighted by Gasteiger charge is -2.29. The van der Waals surface area contributed by atoms with Gasteiger partial charge in [-0.15, -0.1) is 0 Å². The Hall–Kier alpha value is -2.62. The van der Waals surface area contributed by atoms with Crippen LogP contribution in [0, 0.1) is 0 Å². The number of hydrogen-bond donors (Lipinski definition) is 2. The van der Waals surface area contributed by atoms with Gasteiger partial charge in [0, 0.05) is 12.8 Å². The van der Waals surface area contributed by atoms with E-state index in [2.05, 4.69) is 10.6 Å². The van der Waals surface area contributed by atoms with E-state index in [-0.39, 0.29) is 11.8 Å². The first-order valence-corrected chi connectivity index (χ1v) is 7.41. The fraction of sp³-hybridized carbons (Fsp3) is 0.222. The first-order valence-electron chi connectivity index (χ1n) is 7.41. The summed E-state index contributed by atoms with van der Waals surface area (Å²) in [5.74, 6) is -0.242. The Morgan fingerprint density at radius 1 is 0.636 bits per heavy atom. The van der Waals surface area contributed by atoms with Crippen LogP contribution in [0.3, 0.4) is 0 Å². The molecule has 4 nitrogen and oxygen atoms in total. The van der Waals surface area contributed by atoms with E-state index in [1.54, 1.807) is 0 Å². The van der Waals surface area contributed by atoms with Crippen molar-refractivity contribution in [2.75, 3.05) is 0 Å². The first-order chi connectivity index (χ1) is 10.7. The summed E-state index contributed by atoms with van der Waals surface area (Å²) in [4.78, 5) is 24.4. The van der Waals surface area contributed by atoms with Gasteiger partial charge in [0.1, 0.15) is 12.1 Å². The highest BCUT2D eigenvalue weighted by molar-refractivity contribution is 5.97. The van der Waals surface area contributed by atoms with Gasteiger partial charge in [0.15, 0.2) is 0 Å². The molecule has 0 spiro atoms. The zero-order valence-electron chi connectivity index (χ0n) is 12.2. The molecular formula is C18H18N2O2. The highest BCUT2D eigenvalue weighted by Gasteiger charge is 2.33. The highest BCUT2D eigenvalue weighted by Crippen LogP contribution is 2.10. The van der Waals surface area contributed by atoms with Gasteiger partial charge in [-0.05, 0) is 11.1 Å². The van der Waals surface area contributed by atoms with Crippen LogP contribution >= 0.6 is 0 Å². The Labute approximate surface area is 129 Å². The molecule has 2 N–H and O–H groups in total. The smallest absolute Gasteiger partial charge is 0.243 e. The molecule has 1 aliphatic rings. The number of hydrogen-bond acceptors (Lipinski definition) is 2. The summed E-state index contributed by atoms with van der Waals surface area (Å²) in [6, 6.07) is 18.4. The van der Waals surface area contributed by atoms with Gasteiger partial charge in [-0.3, -0.25) is 9.59 Å². The van der Waals surface area contributed by atoms with E-state index < -0.39 is 12.1 Å². The normalized spacial score (nSPS) is 21.1. The third-order valence-corrected chi connectivity index (χ3v) is 3.83. The monoisotopic (exact) mass is 294 g/mol. The summed E-state index contributed by atoms with van der Waals surface area (Å²) >= 11 is 0. The Morgan fingerprint density at radius 2 is 1.00 bits per heavy atom. The lowest BCUT2D eigenvalue weighted by Crippen LogP contribution is -2.62. The quantitative estimate of drug-likeness (QED) is 0.897. The van der Waals surface area contributed by atoms with E-state index in [0.29, 0.717) is 12.8 Å². The standard InChI is InChI=1S/C18H18N2O2/c21-17-15(11-13-7-3-1-4-8-13)19-18(22)16(20-17)12-14-9-5-2-6-10-14/h1-10,15-16H,11-12H2,(H,19,22)(H,20,21)/t15-,16?/m0/s1. The van der Waals surface area contributed by atoms with Crippen molar-refractivity contribution in [1.29, 1.82) is 0 Å². The lowest BCUT2D eigenvalue weighted by atomic mass is 9.99. The second-order valence-corrected chi connectivity index (χ2v) is 5.50. The van der Waals surface area contributed by atoms with Crippen LogP contribution in [0.4, 0.5) is 0 Å². The minimum Gasteiger partial charge on any atom is -0.342 e. The van der Waals surface area contributed by atoms with Crippen molar-refractivity contribution in [1.82, 2.24) is 10.6 Å². The van der Waals surface area contributed by atoms with Crippen molar-refractivity contribution in [3.8, 4) is 0 Å². The first kappa shape index (κ1) is 14.3. The molecule has 22 heavy (non-hydrogen) atoms. The van der Waals surface area contributed by atoms with Crippen LogP contribution in [0.15, 0.2) is 60.7 Å². The lowest BCUT2D eigenvalue weighted by molar-refractivity contribution is -0.136. The number of carbonyl (C=O) groups excluding carboxylic acids is 2. The molecule has 2 atom stereocenters. The Balaban J connectivity index is 1.64. The number of carbonyl (C=O) groups is 2. The van der Waals surface area contributed by atoms with E-state index in [1.807, 2.05) is 60.7 Å². The molecule has 0 bridgehead atoms. The maximum absolute atomic E-state index is 12.2. The minimum absolute atomic E-state index is 0.121. The fourth-order valence-corrected chi connectivity index (χ4v) is 2.66. The maximum Gasteiger partial charge on any atom is 0.243 e. The average molecular weight is 294 g/mol. The molecule has 0 radical (unpaired) electrons. The van der Waals surface area contributed by atoms with Crippen LogP contribution in [0.1, 0.15) is 11.1 Å². The molecule has 4 heteroatoms. The SMILES string of the molecule is O=C1N[C@@H](Cc2ccccc2)C(=O)NC1Cc1ccccc1. The number of piperazine rings is 1. The molecule has 1 fully saturated rings. The number of amides is 2. The van der Waals surface area contributed by atoms with Crippen molar-refractivity contribution in [2.45, 2.75) is 24.9 Å². The maximum atomic E-state index is 12.2. The van der Waals surface area contributed by atoms with Gasteiger partial charge in [-0.2, -0.15) is 0 Å². The van der Waals surface area contributed by atoms with Crippen molar-refractivity contribution < 1.29 is 9.59 Å². The summed E-state index contributed by atoms with van der Waals surface area (Å²) in [5.41, 5.74) is 2.06. The Morgan fingerprint density at radius 3 is 1.36 bits per heavy atom. The predicted molar refractivity (Wildman–Crippen MR) is 84.2 cm³/mol. The van der Waals surface area contributed by atoms with Gasteiger partial charge in [-0.25, -0.2) is 0 Å². The van der Waals surface area contributed by atoms with Gasteiger partial charge in [0.05, 0.1) is 0 Å². The van der Waals surface area contributed by atoms with Crippen LogP contribution in [0.2, 0.25) is 0 Å². The van der Waals surface area contributed by atoms with Crippen molar-refractivity contribution >= 4 is 11.8 Å². The van der Waals surface area contributed by atoms with E-state index in [4.69, 9.17) is 0 Å². The Bertz CT molecular complexity index is 596. The average Bonchev–Trinajstić information content (AvgIpc) is 2.54. The third kappa shape index (κ3) is 3.34. The summed E-state index contributed by atoms with van der Waals surface area (Å²) in [5, 5.41) is 5.67. The number of nitrogens with one attached hydrogen (secondary N) is 2. The molecule has 112 valence electrons. The van der Waals surface area contributed by atoms with Gasteiger partial charge in [0.2, 0.25) is 11.8 Å². The molecule has 1 aliphatic heterocycles. The molecular weight excluding hydrogens is 276 g/mol. The van der Waals surface area contributed by atoms with Gasteiger partial charge < -0.3 is 10.6 Å². The van der Waals surface area contributed by atoms with E-state index in [0.717, 1.165) is 11.1 Å². The zero-order valence-corrected chi connectivity index (χ0v) is 12.2. The summed E-state index contributed by atoms with van der Waals surface area (Å²) < 4.78 is 0. The molecule has 2 aromatic carbocycles. The van der Waals surface area contributed by atoms with Crippen LogP contribution in [0.25, 0.3) is 0 Å². The summed E-state index contributed by atoms with van der Waals surface area (Å²) in [6.07, 6.45) is 1.02. The Kier molecular flexibility index (Phi) is 4.19. The highest BCUT2D eigenvalue weighted by atomic mass is 16.2. The molecule has 0 aromatic heterocycles.